The Bertz CT molecular complexity index is 492. The molecule has 0 aromatic carbocycles. The number of thiazole rings is 1. The lowest BCUT2D eigenvalue weighted by Crippen LogP contribution is -2.34. The number of carbonyl (C=O) groups is 1. The van der Waals surface area contributed by atoms with E-state index in [1.807, 2.05) is 0 Å². The fraction of sp³-hybridized carbons (Fsp3) is 0.733. The van der Waals surface area contributed by atoms with E-state index in [1.54, 1.807) is 0 Å². The minimum Gasteiger partial charge on any atom is -0.382 e. The fourth-order valence-electron chi connectivity index (χ4n) is 2.64. The van der Waals surface area contributed by atoms with Crippen molar-refractivity contribution in [3.63, 3.8) is 0 Å². The number of hydrogen-bond acceptors (Lipinski definition) is 5. The number of hydrogen-bond donors (Lipinski definition) is 3. The van der Waals surface area contributed by atoms with Crippen molar-refractivity contribution >= 4 is 28.2 Å². The predicted molar refractivity (Wildman–Crippen MR) is 88.8 cm³/mol. The quantitative estimate of drug-likeness (QED) is 0.754. The van der Waals surface area contributed by atoms with Gasteiger partial charge in [0.1, 0.15) is 10.7 Å². The summed E-state index contributed by atoms with van der Waals surface area (Å²) >= 11 is 1.33. The molecule has 1 amide bonds. The second kappa shape index (κ2) is 6.64. The molecule has 5 nitrogen and oxygen atoms in total. The molecule has 0 atom stereocenters. The van der Waals surface area contributed by atoms with Crippen molar-refractivity contribution in [1.29, 1.82) is 0 Å². The summed E-state index contributed by atoms with van der Waals surface area (Å²) in [7, 11) is 0. The van der Waals surface area contributed by atoms with Gasteiger partial charge in [-0.25, -0.2) is 4.98 Å². The summed E-state index contributed by atoms with van der Waals surface area (Å²) in [6.45, 7) is 8.04. The number of rotatable bonds is 6. The fourth-order valence-corrected chi connectivity index (χ4v) is 3.45. The molecule has 1 saturated carbocycles. The van der Waals surface area contributed by atoms with E-state index in [1.165, 1.54) is 37.0 Å². The summed E-state index contributed by atoms with van der Waals surface area (Å²) < 4.78 is 0. The van der Waals surface area contributed by atoms with Crippen LogP contribution >= 0.6 is 11.3 Å². The first-order valence-electron chi connectivity index (χ1n) is 7.68. The van der Waals surface area contributed by atoms with Gasteiger partial charge in [-0.3, -0.25) is 4.79 Å². The zero-order chi connectivity index (χ0) is 15.5. The van der Waals surface area contributed by atoms with Gasteiger partial charge in [0.2, 0.25) is 0 Å². The molecule has 0 radical (unpaired) electrons. The predicted octanol–water partition coefficient (Wildman–Crippen LogP) is 3.10. The molecule has 118 valence electrons. The van der Waals surface area contributed by atoms with Gasteiger partial charge in [0, 0.05) is 13.1 Å². The minimum absolute atomic E-state index is 0.101. The van der Waals surface area contributed by atoms with Crippen molar-refractivity contribution in [2.24, 2.45) is 11.3 Å². The molecule has 1 aliphatic carbocycles. The first kappa shape index (κ1) is 16.1. The van der Waals surface area contributed by atoms with E-state index in [2.05, 4.69) is 36.4 Å². The largest absolute Gasteiger partial charge is 0.382 e. The second-order valence-electron chi connectivity index (χ2n) is 6.71. The van der Waals surface area contributed by atoms with Crippen LogP contribution < -0.4 is 16.4 Å². The van der Waals surface area contributed by atoms with Gasteiger partial charge in [-0.05, 0) is 24.2 Å². The maximum atomic E-state index is 12.3. The van der Waals surface area contributed by atoms with E-state index in [4.69, 9.17) is 5.73 Å². The topological polar surface area (TPSA) is 80.0 Å². The molecular formula is C15H26N4OS. The molecule has 1 heterocycles. The summed E-state index contributed by atoms with van der Waals surface area (Å²) in [4.78, 5) is 17.0. The average molecular weight is 310 g/mol. The summed E-state index contributed by atoms with van der Waals surface area (Å²) in [6.07, 6.45) is 4.90. The molecule has 0 aliphatic heterocycles. The van der Waals surface area contributed by atoms with Gasteiger partial charge >= 0.3 is 0 Å². The summed E-state index contributed by atoms with van der Waals surface area (Å²) in [5, 5.41) is 6.96. The molecule has 0 bridgehead atoms. The van der Waals surface area contributed by atoms with Crippen LogP contribution in [0.4, 0.5) is 10.9 Å². The Labute approximate surface area is 130 Å². The van der Waals surface area contributed by atoms with Crippen molar-refractivity contribution in [1.82, 2.24) is 10.3 Å². The van der Waals surface area contributed by atoms with E-state index in [0.717, 1.165) is 18.2 Å². The highest BCUT2D eigenvalue weighted by Crippen LogP contribution is 2.36. The maximum Gasteiger partial charge on any atom is 0.265 e. The van der Waals surface area contributed by atoms with Crippen LogP contribution in [0, 0.1) is 11.3 Å². The highest BCUT2D eigenvalue weighted by molar-refractivity contribution is 7.18. The van der Waals surface area contributed by atoms with Gasteiger partial charge in [-0.15, -0.1) is 0 Å². The van der Waals surface area contributed by atoms with Crippen LogP contribution in [0.3, 0.4) is 0 Å². The third kappa shape index (κ3) is 4.33. The Balaban J connectivity index is 1.92. The van der Waals surface area contributed by atoms with Gasteiger partial charge in [0.15, 0.2) is 5.13 Å². The molecule has 6 heteroatoms. The Morgan fingerprint density at radius 2 is 2.10 bits per heavy atom. The minimum atomic E-state index is -0.101. The third-order valence-electron chi connectivity index (χ3n) is 4.01. The lowest BCUT2D eigenvalue weighted by Gasteiger charge is -2.23. The number of aromatic nitrogens is 1. The highest BCUT2D eigenvalue weighted by atomic mass is 32.1. The zero-order valence-corrected chi connectivity index (χ0v) is 14.0. The Kier molecular flexibility index (Phi) is 5.08. The first-order valence-corrected chi connectivity index (χ1v) is 8.50. The normalized spacial score (nSPS) is 17.1. The van der Waals surface area contributed by atoms with Crippen LogP contribution in [-0.2, 0) is 0 Å². The summed E-state index contributed by atoms with van der Waals surface area (Å²) in [5.74, 6) is 0.741. The Hall–Kier alpha value is -1.30. The summed E-state index contributed by atoms with van der Waals surface area (Å²) in [6, 6.07) is 0. The number of carbonyl (C=O) groups excluding carboxylic acids is 1. The molecule has 4 N–H and O–H groups in total. The number of nitrogens with two attached hydrogens (primary N) is 1. The van der Waals surface area contributed by atoms with Gasteiger partial charge < -0.3 is 16.4 Å². The van der Waals surface area contributed by atoms with Crippen molar-refractivity contribution in [3.05, 3.63) is 4.88 Å². The molecule has 0 spiro atoms. The number of amides is 1. The number of nitrogens with one attached hydrogen (secondary N) is 2. The smallest absolute Gasteiger partial charge is 0.265 e. The van der Waals surface area contributed by atoms with Crippen molar-refractivity contribution < 1.29 is 4.79 Å². The van der Waals surface area contributed by atoms with Gasteiger partial charge in [-0.2, -0.15) is 0 Å². The third-order valence-corrected chi connectivity index (χ3v) is 5.04. The van der Waals surface area contributed by atoms with Gasteiger partial charge in [-0.1, -0.05) is 44.9 Å². The van der Waals surface area contributed by atoms with Gasteiger partial charge in [0.05, 0.1) is 0 Å². The van der Waals surface area contributed by atoms with Crippen molar-refractivity contribution in [2.75, 3.05) is 24.1 Å². The van der Waals surface area contributed by atoms with Crippen LogP contribution in [0.15, 0.2) is 0 Å². The molecular weight excluding hydrogens is 284 g/mol. The summed E-state index contributed by atoms with van der Waals surface area (Å²) in [5.41, 5.74) is 6.11. The number of nitrogens with zero attached hydrogens (tertiary/aromatic N) is 1. The number of nitrogen functional groups attached to an aromatic ring is 1. The van der Waals surface area contributed by atoms with Gasteiger partial charge in [0.25, 0.3) is 5.91 Å². The van der Waals surface area contributed by atoms with Crippen molar-refractivity contribution in [3.8, 4) is 0 Å². The zero-order valence-electron chi connectivity index (χ0n) is 13.2. The average Bonchev–Trinajstić information content (AvgIpc) is 3.01. The Morgan fingerprint density at radius 1 is 1.43 bits per heavy atom. The standard InChI is InChI=1S/C15H26N4OS/c1-10(2)8-17-14-19-12(16)11(21-14)13(20)18-9-15(3)6-4-5-7-15/h10H,4-9,16H2,1-3H3,(H,17,19)(H,18,20). The molecule has 1 aliphatic rings. The second-order valence-corrected chi connectivity index (χ2v) is 7.71. The highest BCUT2D eigenvalue weighted by Gasteiger charge is 2.29. The van der Waals surface area contributed by atoms with E-state index in [9.17, 15) is 4.79 Å². The van der Waals surface area contributed by atoms with Crippen LogP contribution in [0.5, 0.6) is 0 Å². The first-order chi connectivity index (χ1) is 9.89. The van der Waals surface area contributed by atoms with E-state index in [-0.39, 0.29) is 11.3 Å². The molecule has 1 aromatic heterocycles. The van der Waals surface area contributed by atoms with Crippen LogP contribution in [0.1, 0.15) is 56.1 Å². The molecule has 2 rings (SSSR count). The lowest BCUT2D eigenvalue weighted by atomic mass is 9.89. The van der Waals surface area contributed by atoms with Crippen molar-refractivity contribution in [2.45, 2.75) is 46.5 Å². The maximum absolute atomic E-state index is 12.3. The molecule has 0 unspecified atom stereocenters. The van der Waals surface area contributed by atoms with E-state index >= 15 is 0 Å². The van der Waals surface area contributed by atoms with E-state index in [0.29, 0.717) is 16.6 Å². The molecule has 21 heavy (non-hydrogen) atoms. The molecule has 1 fully saturated rings. The van der Waals surface area contributed by atoms with E-state index < -0.39 is 0 Å². The monoisotopic (exact) mass is 310 g/mol. The van der Waals surface area contributed by atoms with Crippen LogP contribution in [0.2, 0.25) is 0 Å². The SMILES string of the molecule is CC(C)CNc1nc(N)c(C(=O)NCC2(C)CCCC2)s1. The Morgan fingerprint density at radius 3 is 2.71 bits per heavy atom. The van der Waals surface area contributed by atoms with Crippen LogP contribution in [0.25, 0.3) is 0 Å². The molecule has 0 saturated heterocycles. The lowest BCUT2D eigenvalue weighted by molar-refractivity contribution is 0.0939. The van der Waals surface area contributed by atoms with Crippen LogP contribution in [-0.4, -0.2) is 24.0 Å². The number of anilines is 2. The molecule has 1 aromatic rings.